The third-order valence-corrected chi connectivity index (χ3v) is 6.02. The van der Waals surface area contributed by atoms with Crippen LogP contribution in [0.1, 0.15) is 31.3 Å². The lowest BCUT2D eigenvalue weighted by Crippen LogP contribution is -2.24. The number of carbonyl (C=O) groups is 2. The molecule has 0 aliphatic rings. The minimum atomic E-state index is -0.393. The maximum Gasteiger partial charge on any atom is 0.263 e. The fraction of sp³-hybridized carbons (Fsp3) is 0.190. The molecular weight excluding hydrogens is 410 g/mol. The van der Waals surface area contributed by atoms with Gasteiger partial charge in [0.2, 0.25) is 0 Å². The first-order chi connectivity index (χ1) is 13.9. The Kier molecular flexibility index (Phi) is 6.20. The third kappa shape index (κ3) is 3.97. The van der Waals surface area contributed by atoms with Crippen LogP contribution < -0.4 is 15.4 Å². The number of benzene rings is 1. The zero-order valence-electron chi connectivity index (χ0n) is 16.3. The Balaban J connectivity index is 2.15. The van der Waals surface area contributed by atoms with Gasteiger partial charge >= 0.3 is 0 Å². The molecule has 0 unspecified atom stereocenters. The molecular formula is C21H20ClN3O3S. The van der Waals surface area contributed by atoms with Crippen molar-refractivity contribution in [2.24, 2.45) is 0 Å². The van der Waals surface area contributed by atoms with Crippen molar-refractivity contribution in [1.29, 1.82) is 0 Å². The summed E-state index contributed by atoms with van der Waals surface area (Å²) in [5, 5.41) is 6.78. The van der Waals surface area contributed by atoms with E-state index in [1.165, 1.54) is 18.4 Å². The Morgan fingerprint density at radius 2 is 2.00 bits per heavy atom. The molecule has 3 rings (SSSR count). The van der Waals surface area contributed by atoms with Gasteiger partial charge in [-0.1, -0.05) is 29.8 Å². The minimum absolute atomic E-state index is 0.305. The SMILES string of the molecule is C=CCNC(=O)c1sc2nc(C)c(Cl)c(C)c2c1NC(=O)c1ccccc1OC. The lowest BCUT2D eigenvalue weighted by Gasteiger charge is -2.12. The quantitative estimate of drug-likeness (QED) is 0.554. The molecule has 2 heterocycles. The molecule has 0 fully saturated rings. The van der Waals surface area contributed by atoms with Crippen LogP contribution in [-0.4, -0.2) is 30.5 Å². The normalized spacial score (nSPS) is 10.6. The summed E-state index contributed by atoms with van der Waals surface area (Å²) in [7, 11) is 1.50. The van der Waals surface area contributed by atoms with Crippen LogP contribution in [0, 0.1) is 13.8 Å². The molecule has 150 valence electrons. The predicted molar refractivity (Wildman–Crippen MR) is 118 cm³/mol. The number of methoxy groups -OCH3 is 1. The number of hydrogen-bond acceptors (Lipinski definition) is 5. The number of pyridine rings is 1. The summed E-state index contributed by atoms with van der Waals surface area (Å²) < 4.78 is 5.28. The first kappa shape index (κ1) is 20.8. The Bertz CT molecular complexity index is 1120. The first-order valence-electron chi connectivity index (χ1n) is 8.81. The number of halogens is 1. The number of carbonyl (C=O) groups excluding carboxylic acids is 2. The van der Waals surface area contributed by atoms with Gasteiger partial charge in [-0.15, -0.1) is 17.9 Å². The molecule has 0 aliphatic carbocycles. The molecule has 2 amide bonds. The van der Waals surface area contributed by atoms with E-state index in [9.17, 15) is 9.59 Å². The van der Waals surface area contributed by atoms with Crippen molar-refractivity contribution in [3.63, 3.8) is 0 Å². The van der Waals surface area contributed by atoms with Gasteiger partial charge in [0, 0.05) is 11.9 Å². The van der Waals surface area contributed by atoms with Gasteiger partial charge in [0.25, 0.3) is 11.8 Å². The molecule has 2 N–H and O–H groups in total. The molecule has 0 saturated carbocycles. The van der Waals surface area contributed by atoms with Gasteiger partial charge in [-0.05, 0) is 31.5 Å². The number of para-hydroxylation sites is 1. The predicted octanol–water partition coefficient (Wildman–Crippen LogP) is 4.74. The van der Waals surface area contributed by atoms with Gasteiger partial charge in [-0.3, -0.25) is 9.59 Å². The highest BCUT2D eigenvalue weighted by atomic mass is 35.5. The van der Waals surface area contributed by atoms with Crippen molar-refractivity contribution in [1.82, 2.24) is 10.3 Å². The second-order valence-electron chi connectivity index (χ2n) is 6.28. The Labute approximate surface area is 177 Å². The number of amides is 2. The zero-order chi connectivity index (χ0) is 21.1. The third-order valence-electron chi connectivity index (χ3n) is 4.38. The fourth-order valence-corrected chi connectivity index (χ4v) is 4.26. The number of thiophene rings is 1. The number of rotatable bonds is 6. The maximum absolute atomic E-state index is 13.0. The van der Waals surface area contributed by atoms with Crippen LogP contribution in [0.15, 0.2) is 36.9 Å². The van der Waals surface area contributed by atoms with Gasteiger partial charge in [0.05, 0.1) is 29.1 Å². The van der Waals surface area contributed by atoms with E-state index in [1.54, 1.807) is 37.3 Å². The van der Waals surface area contributed by atoms with Crippen molar-refractivity contribution in [2.45, 2.75) is 13.8 Å². The second kappa shape index (κ2) is 8.63. The van der Waals surface area contributed by atoms with Crippen LogP contribution in [0.25, 0.3) is 10.2 Å². The van der Waals surface area contributed by atoms with Crippen LogP contribution in [0.3, 0.4) is 0 Å². The van der Waals surface area contributed by atoms with Crippen LogP contribution in [0.4, 0.5) is 5.69 Å². The highest BCUT2D eigenvalue weighted by Gasteiger charge is 2.25. The van der Waals surface area contributed by atoms with Gasteiger partial charge < -0.3 is 15.4 Å². The van der Waals surface area contributed by atoms with E-state index in [1.807, 2.05) is 6.92 Å². The molecule has 6 nitrogen and oxygen atoms in total. The summed E-state index contributed by atoms with van der Waals surface area (Å²) in [6.45, 7) is 7.56. The first-order valence-corrected chi connectivity index (χ1v) is 10.0. The van der Waals surface area contributed by atoms with Crippen LogP contribution in [-0.2, 0) is 0 Å². The molecule has 29 heavy (non-hydrogen) atoms. The largest absolute Gasteiger partial charge is 0.496 e. The van der Waals surface area contributed by atoms with E-state index >= 15 is 0 Å². The molecule has 0 saturated heterocycles. The average Bonchev–Trinajstić information content (AvgIpc) is 3.08. The number of hydrogen-bond donors (Lipinski definition) is 2. The lowest BCUT2D eigenvalue weighted by atomic mass is 10.1. The molecule has 0 radical (unpaired) electrons. The summed E-state index contributed by atoms with van der Waals surface area (Å²) in [5.74, 6) is -0.279. The number of aryl methyl sites for hydroxylation is 2. The van der Waals surface area contributed by atoms with E-state index < -0.39 is 5.91 Å². The molecule has 2 aromatic heterocycles. The zero-order valence-corrected chi connectivity index (χ0v) is 17.8. The fourth-order valence-electron chi connectivity index (χ4n) is 2.97. The molecule has 0 bridgehead atoms. The molecule has 0 atom stereocenters. The van der Waals surface area contributed by atoms with E-state index in [2.05, 4.69) is 22.2 Å². The van der Waals surface area contributed by atoms with Crippen LogP contribution in [0.5, 0.6) is 5.75 Å². The van der Waals surface area contributed by atoms with E-state index in [-0.39, 0.29) is 5.91 Å². The Morgan fingerprint density at radius 3 is 2.69 bits per heavy atom. The summed E-state index contributed by atoms with van der Waals surface area (Å²) >= 11 is 7.60. The monoisotopic (exact) mass is 429 g/mol. The number of anilines is 1. The van der Waals surface area contributed by atoms with Crippen molar-refractivity contribution >= 4 is 50.7 Å². The van der Waals surface area contributed by atoms with E-state index in [4.69, 9.17) is 16.3 Å². The lowest BCUT2D eigenvalue weighted by molar-refractivity contribution is 0.0963. The van der Waals surface area contributed by atoms with Gasteiger partial charge in [0.15, 0.2) is 0 Å². The van der Waals surface area contributed by atoms with E-state index in [0.717, 1.165) is 5.56 Å². The number of nitrogens with one attached hydrogen (secondary N) is 2. The summed E-state index contributed by atoms with van der Waals surface area (Å²) in [4.78, 5) is 31.2. The van der Waals surface area contributed by atoms with Gasteiger partial charge in [-0.25, -0.2) is 4.98 Å². The Morgan fingerprint density at radius 1 is 1.28 bits per heavy atom. The van der Waals surface area contributed by atoms with Gasteiger partial charge in [-0.2, -0.15) is 0 Å². The molecule has 1 aromatic carbocycles. The number of aromatic nitrogens is 1. The minimum Gasteiger partial charge on any atom is -0.496 e. The van der Waals surface area contributed by atoms with Crippen molar-refractivity contribution in [3.05, 3.63) is 63.6 Å². The van der Waals surface area contributed by atoms with Crippen LogP contribution in [0.2, 0.25) is 5.02 Å². The molecule has 8 heteroatoms. The molecule has 3 aromatic rings. The average molecular weight is 430 g/mol. The highest BCUT2D eigenvalue weighted by molar-refractivity contribution is 7.21. The highest BCUT2D eigenvalue weighted by Crippen LogP contribution is 2.40. The molecule has 0 aliphatic heterocycles. The summed E-state index contributed by atoms with van der Waals surface area (Å²) in [5.41, 5.74) is 2.16. The smallest absolute Gasteiger partial charge is 0.263 e. The second-order valence-corrected chi connectivity index (χ2v) is 7.65. The topological polar surface area (TPSA) is 80.3 Å². The van der Waals surface area contributed by atoms with Crippen LogP contribution >= 0.6 is 22.9 Å². The number of ether oxygens (including phenoxy) is 1. The summed E-state index contributed by atoms with van der Waals surface area (Å²) in [6, 6.07) is 6.88. The standard InChI is InChI=1S/C21H20ClN3O3S/c1-5-10-23-20(27)18-17(15-11(2)16(22)12(3)24-21(15)29-18)25-19(26)13-8-6-7-9-14(13)28-4/h5-9H,1,10H2,2-4H3,(H,23,27)(H,25,26). The number of fused-ring (bicyclic) bond motifs is 1. The Hall–Kier alpha value is -2.90. The van der Waals surface area contributed by atoms with Crippen molar-refractivity contribution < 1.29 is 14.3 Å². The number of nitrogens with zero attached hydrogens (tertiary/aromatic N) is 1. The van der Waals surface area contributed by atoms with Gasteiger partial charge in [0.1, 0.15) is 15.5 Å². The summed E-state index contributed by atoms with van der Waals surface area (Å²) in [6.07, 6.45) is 1.59. The van der Waals surface area contributed by atoms with E-state index in [0.29, 0.717) is 49.4 Å². The molecule has 0 spiro atoms. The maximum atomic E-state index is 13.0. The van der Waals surface area contributed by atoms with Crippen molar-refractivity contribution in [3.8, 4) is 5.75 Å². The van der Waals surface area contributed by atoms with Crippen molar-refractivity contribution in [2.75, 3.05) is 19.0 Å².